The van der Waals surface area contributed by atoms with Crippen LogP contribution in [0.1, 0.15) is 21.6 Å². The maximum Gasteiger partial charge on any atom is 0.254 e. The molecule has 1 N–H and O–H groups in total. The molecular weight excluding hydrogens is 304 g/mol. The second-order valence-corrected chi connectivity index (χ2v) is 5.64. The number of aryl methyl sites for hydroxylation is 1. The first-order valence-corrected chi connectivity index (χ1v) is 7.80. The molecule has 0 aliphatic heterocycles. The normalized spacial score (nSPS) is 10.9. The molecule has 0 fully saturated rings. The van der Waals surface area contributed by atoms with Crippen LogP contribution >= 0.6 is 0 Å². The number of benzene rings is 1. The van der Waals surface area contributed by atoms with Gasteiger partial charge >= 0.3 is 0 Å². The minimum atomic E-state index is -0.135. The van der Waals surface area contributed by atoms with Crippen molar-refractivity contribution in [1.29, 1.82) is 0 Å². The first-order valence-electron chi connectivity index (χ1n) is 7.80. The van der Waals surface area contributed by atoms with Gasteiger partial charge in [-0.25, -0.2) is 0 Å². The zero-order chi connectivity index (χ0) is 16.9. The lowest BCUT2D eigenvalue weighted by molar-refractivity contribution is 0.0949. The smallest absolute Gasteiger partial charge is 0.254 e. The van der Waals surface area contributed by atoms with Gasteiger partial charge in [-0.05, 0) is 24.1 Å². The van der Waals surface area contributed by atoms with Crippen LogP contribution in [0.5, 0.6) is 0 Å². The first kappa shape index (κ1) is 16.1. The third-order valence-electron chi connectivity index (χ3n) is 3.78. The number of carbonyl (C=O) groups excluding carboxylic acids is 1. The first-order chi connectivity index (χ1) is 11.7. The van der Waals surface area contributed by atoms with E-state index in [0.717, 1.165) is 22.9 Å². The summed E-state index contributed by atoms with van der Waals surface area (Å²) in [4.78, 5) is 16.8. The fourth-order valence-corrected chi connectivity index (χ4v) is 2.64. The monoisotopic (exact) mass is 324 g/mol. The molecule has 0 bridgehead atoms. The Bertz CT molecular complexity index is 857. The number of hydrogen-bond donors (Lipinski definition) is 1. The molecule has 24 heavy (non-hydrogen) atoms. The summed E-state index contributed by atoms with van der Waals surface area (Å²) in [5.41, 5.74) is 3.27. The fraction of sp³-hybridized carbons (Fsp3) is 0.278. The number of nitrogens with one attached hydrogen (secondary N) is 1. The van der Waals surface area contributed by atoms with Gasteiger partial charge in [0.05, 0.1) is 17.7 Å². The Morgan fingerprint density at radius 1 is 1.33 bits per heavy atom. The van der Waals surface area contributed by atoms with Gasteiger partial charge in [0.15, 0.2) is 0 Å². The van der Waals surface area contributed by atoms with Crippen molar-refractivity contribution in [1.82, 2.24) is 20.1 Å². The highest BCUT2D eigenvalue weighted by Gasteiger charge is 2.15. The molecule has 0 unspecified atom stereocenters. The third kappa shape index (κ3) is 3.60. The molecule has 0 saturated heterocycles. The van der Waals surface area contributed by atoms with Gasteiger partial charge < -0.3 is 10.1 Å². The van der Waals surface area contributed by atoms with Gasteiger partial charge in [0.2, 0.25) is 0 Å². The average molecular weight is 324 g/mol. The highest BCUT2D eigenvalue weighted by Crippen LogP contribution is 2.13. The van der Waals surface area contributed by atoms with Gasteiger partial charge in [0, 0.05) is 38.5 Å². The fourth-order valence-electron chi connectivity index (χ4n) is 2.64. The topological polar surface area (TPSA) is 69.0 Å². The van der Waals surface area contributed by atoms with Crippen LogP contribution < -0.4 is 5.32 Å². The van der Waals surface area contributed by atoms with E-state index >= 15 is 0 Å². The molecule has 1 aromatic carbocycles. The van der Waals surface area contributed by atoms with Crippen molar-refractivity contribution in [2.24, 2.45) is 7.05 Å². The Morgan fingerprint density at radius 2 is 2.17 bits per heavy atom. The van der Waals surface area contributed by atoms with Crippen molar-refractivity contribution in [2.75, 3.05) is 13.7 Å². The molecule has 2 aromatic heterocycles. The molecule has 0 spiro atoms. The summed E-state index contributed by atoms with van der Waals surface area (Å²) in [6.45, 7) is 0.859. The number of methoxy groups -OCH3 is 1. The zero-order valence-corrected chi connectivity index (χ0v) is 13.8. The van der Waals surface area contributed by atoms with Gasteiger partial charge in [-0.3, -0.25) is 14.5 Å². The van der Waals surface area contributed by atoms with Crippen LogP contribution in [0.25, 0.3) is 10.9 Å². The largest absolute Gasteiger partial charge is 0.378 e. The Kier molecular flexibility index (Phi) is 4.86. The molecule has 0 aliphatic rings. The van der Waals surface area contributed by atoms with Crippen LogP contribution in [0.4, 0.5) is 0 Å². The maximum absolute atomic E-state index is 12.3. The predicted octanol–water partition coefficient (Wildman–Crippen LogP) is 2.09. The molecule has 0 atom stereocenters. The van der Waals surface area contributed by atoms with Crippen LogP contribution in [-0.2, 0) is 24.8 Å². The van der Waals surface area contributed by atoms with Crippen LogP contribution in [0, 0.1) is 0 Å². The SMILES string of the molecule is COCc1nn(C)cc1C(=O)NCCc1cnc2ccccc2c1. The van der Waals surface area contributed by atoms with E-state index in [4.69, 9.17) is 4.74 Å². The Balaban J connectivity index is 1.62. The Morgan fingerprint density at radius 3 is 3.00 bits per heavy atom. The number of para-hydroxylation sites is 1. The van der Waals surface area contributed by atoms with Gasteiger partial charge in [0.1, 0.15) is 5.69 Å². The van der Waals surface area contributed by atoms with Crippen LogP contribution in [0.15, 0.2) is 42.7 Å². The summed E-state index contributed by atoms with van der Waals surface area (Å²) in [5.74, 6) is -0.135. The zero-order valence-electron chi connectivity index (χ0n) is 13.8. The lowest BCUT2D eigenvalue weighted by Gasteiger charge is -2.06. The quantitative estimate of drug-likeness (QED) is 0.754. The summed E-state index contributed by atoms with van der Waals surface area (Å²) in [5, 5.41) is 8.28. The Labute approximate surface area is 140 Å². The number of pyridine rings is 1. The van der Waals surface area contributed by atoms with Crippen molar-refractivity contribution in [3.63, 3.8) is 0 Å². The maximum atomic E-state index is 12.3. The number of nitrogens with zero attached hydrogens (tertiary/aromatic N) is 3. The molecule has 0 saturated carbocycles. The van der Waals surface area contributed by atoms with E-state index in [2.05, 4.69) is 21.5 Å². The number of aromatic nitrogens is 3. The van der Waals surface area contributed by atoms with Gasteiger partial charge in [-0.2, -0.15) is 5.10 Å². The van der Waals surface area contributed by atoms with E-state index in [1.807, 2.05) is 30.5 Å². The van der Waals surface area contributed by atoms with Crippen molar-refractivity contribution >= 4 is 16.8 Å². The minimum Gasteiger partial charge on any atom is -0.378 e. The number of amides is 1. The average Bonchev–Trinajstić information content (AvgIpc) is 2.95. The second-order valence-electron chi connectivity index (χ2n) is 5.64. The minimum absolute atomic E-state index is 0.135. The van der Waals surface area contributed by atoms with Crippen molar-refractivity contribution in [3.05, 3.63) is 59.5 Å². The highest BCUT2D eigenvalue weighted by molar-refractivity contribution is 5.95. The molecule has 124 valence electrons. The molecule has 1 amide bonds. The molecule has 3 rings (SSSR count). The number of carbonyl (C=O) groups is 1. The van der Waals surface area contributed by atoms with Crippen molar-refractivity contribution in [3.8, 4) is 0 Å². The summed E-state index contributed by atoms with van der Waals surface area (Å²) in [6, 6.07) is 10.1. The number of rotatable bonds is 6. The summed E-state index contributed by atoms with van der Waals surface area (Å²) in [6.07, 6.45) is 4.29. The van der Waals surface area contributed by atoms with Crippen molar-refractivity contribution in [2.45, 2.75) is 13.0 Å². The third-order valence-corrected chi connectivity index (χ3v) is 3.78. The highest BCUT2D eigenvalue weighted by atomic mass is 16.5. The second kappa shape index (κ2) is 7.23. The van der Waals surface area contributed by atoms with E-state index in [-0.39, 0.29) is 5.91 Å². The van der Waals surface area contributed by atoms with Crippen LogP contribution in [0.3, 0.4) is 0 Å². The molecule has 6 heteroatoms. The van der Waals surface area contributed by atoms with Gasteiger partial charge in [-0.1, -0.05) is 18.2 Å². The number of ether oxygens (including phenoxy) is 1. The van der Waals surface area contributed by atoms with E-state index in [1.165, 1.54) is 0 Å². The molecule has 3 aromatic rings. The van der Waals surface area contributed by atoms with E-state index < -0.39 is 0 Å². The van der Waals surface area contributed by atoms with E-state index in [1.54, 1.807) is 25.0 Å². The number of fused-ring (bicyclic) bond motifs is 1. The van der Waals surface area contributed by atoms with E-state index in [0.29, 0.717) is 24.4 Å². The molecule has 6 nitrogen and oxygen atoms in total. The lowest BCUT2D eigenvalue weighted by atomic mass is 10.1. The van der Waals surface area contributed by atoms with Gasteiger partial charge in [-0.15, -0.1) is 0 Å². The summed E-state index contributed by atoms with van der Waals surface area (Å²) < 4.78 is 6.70. The molecule has 2 heterocycles. The molecule has 0 aliphatic carbocycles. The molecule has 0 radical (unpaired) electrons. The lowest BCUT2D eigenvalue weighted by Crippen LogP contribution is -2.26. The van der Waals surface area contributed by atoms with Crippen LogP contribution in [-0.4, -0.2) is 34.3 Å². The standard InChI is InChI=1S/C18H20N4O2/c1-22-11-15(17(21-22)12-24-2)18(23)19-8-7-13-9-14-5-3-4-6-16(14)20-10-13/h3-6,9-11H,7-8,12H2,1-2H3,(H,19,23). The number of hydrogen-bond acceptors (Lipinski definition) is 4. The van der Waals surface area contributed by atoms with Crippen molar-refractivity contribution < 1.29 is 9.53 Å². The Hall–Kier alpha value is -2.73. The van der Waals surface area contributed by atoms with Gasteiger partial charge in [0.25, 0.3) is 5.91 Å². The molecular formula is C18H20N4O2. The summed E-state index contributed by atoms with van der Waals surface area (Å²) in [7, 11) is 3.37. The predicted molar refractivity (Wildman–Crippen MR) is 91.7 cm³/mol. The van der Waals surface area contributed by atoms with E-state index in [9.17, 15) is 4.79 Å². The summed E-state index contributed by atoms with van der Waals surface area (Å²) >= 11 is 0. The van der Waals surface area contributed by atoms with Crippen LogP contribution in [0.2, 0.25) is 0 Å².